The molecule has 1 heterocycles. The lowest BCUT2D eigenvalue weighted by atomic mass is 10.2. The molecular formula is C9H8N2O. The van der Waals surface area contributed by atoms with Crippen LogP contribution in [0.3, 0.4) is 0 Å². The zero-order chi connectivity index (χ0) is 8.39. The van der Waals surface area contributed by atoms with Crippen molar-refractivity contribution in [2.24, 2.45) is 0 Å². The second-order valence-corrected chi connectivity index (χ2v) is 2.59. The minimum atomic E-state index is -0.0452. The molecule has 12 heavy (non-hydrogen) atoms. The van der Waals surface area contributed by atoms with Gasteiger partial charge in [-0.2, -0.15) is 0 Å². The van der Waals surface area contributed by atoms with Crippen LogP contribution in [0, 0.1) is 0 Å². The van der Waals surface area contributed by atoms with Gasteiger partial charge < -0.3 is 4.98 Å². The van der Waals surface area contributed by atoms with Crippen molar-refractivity contribution in [3.05, 3.63) is 46.2 Å². The largest absolute Gasteiger partial charge is 0.313 e. The molecule has 0 unspecified atom stereocenters. The number of H-pyrrole nitrogens is 1. The fourth-order valence-electron chi connectivity index (χ4n) is 1.19. The van der Waals surface area contributed by atoms with E-state index in [0.717, 1.165) is 11.3 Å². The zero-order valence-corrected chi connectivity index (χ0v) is 6.45. The topological polar surface area (TPSA) is 45.8 Å². The van der Waals surface area contributed by atoms with Crippen LogP contribution in [-0.4, -0.2) is 9.97 Å². The van der Waals surface area contributed by atoms with Gasteiger partial charge in [0.1, 0.15) is 0 Å². The Hall–Kier alpha value is -1.64. The lowest BCUT2D eigenvalue weighted by molar-refractivity contribution is 1.03. The Kier molecular flexibility index (Phi) is 1.63. The summed E-state index contributed by atoms with van der Waals surface area (Å²) in [6.07, 6.45) is 9.68. The summed E-state index contributed by atoms with van der Waals surface area (Å²) in [5.41, 5.74) is 1.46. The highest BCUT2D eigenvalue weighted by Crippen LogP contribution is 2.06. The number of aromatic amines is 1. The maximum absolute atomic E-state index is 11.3. The second-order valence-electron chi connectivity index (χ2n) is 2.59. The Bertz CT molecular complexity index is 401. The van der Waals surface area contributed by atoms with Crippen molar-refractivity contribution in [1.82, 2.24) is 9.97 Å². The first kappa shape index (κ1) is 7.03. The Balaban J connectivity index is 2.67. The number of hydrogen-bond acceptors (Lipinski definition) is 2. The average Bonchev–Trinajstić information content (AvgIpc) is 2.30. The minimum Gasteiger partial charge on any atom is -0.313 e. The van der Waals surface area contributed by atoms with Crippen molar-refractivity contribution in [1.29, 1.82) is 0 Å². The molecule has 1 aromatic heterocycles. The molecule has 3 nitrogen and oxygen atoms in total. The van der Waals surface area contributed by atoms with E-state index in [0.29, 0.717) is 6.42 Å². The van der Waals surface area contributed by atoms with E-state index in [9.17, 15) is 4.79 Å². The van der Waals surface area contributed by atoms with Crippen LogP contribution >= 0.6 is 0 Å². The molecule has 1 aliphatic rings. The van der Waals surface area contributed by atoms with Crippen molar-refractivity contribution >= 4 is 6.08 Å². The van der Waals surface area contributed by atoms with Crippen LogP contribution in [0.2, 0.25) is 0 Å². The molecule has 0 radical (unpaired) electrons. The lowest BCUT2D eigenvalue weighted by Crippen LogP contribution is -2.14. The quantitative estimate of drug-likeness (QED) is 0.612. The van der Waals surface area contributed by atoms with E-state index in [-0.39, 0.29) is 5.56 Å². The highest BCUT2D eigenvalue weighted by Gasteiger charge is 2.04. The smallest absolute Gasteiger partial charge is 0.254 e. The zero-order valence-electron chi connectivity index (χ0n) is 6.45. The van der Waals surface area contributed by atoms with E-state index < -0.39 is 0 Å². The summed E-state index contributed by atoms with van der Waals surface area (Å²) in [6.45, 7) is 0. The fraction of sp³-hybridized carbons (Fsp3) is 0.111. The van der Waals surface area contributed by atoms with Crippen molar-refractivity contribution in [2.45, 2.75) is 6.42 Å². The molecule has 0 bridgehead atoms. The number of nitrogens with one attached hydrogen (secondary N) is 1. The SMILES string of the molecule is O=c1[nH]cnc2c1CC=CC=C2. The number of hydrogen-bond donors (Lipinski definition) is 1. The third kappa shape index (κ3) is 1.09. The molecule has 0 fully saturated rings. The van der Waals surface area contributed by atoms with Gasteiger partial charge in [-0.3, -0.25) is 4.79 Å². The van der Waals surface area contributed by atoms with Gasteiger partial charge in [0.25, 0.3) is 5.56 Å². The standard InChI is InChI=1S/C9H8N2O/c12-9-7-4-2-1-3-5-8(7)10-6-11-9/h1-3,5-6H,4H2,(H,10,11,12). The van der Waals surface area contributed by atoms with Gasteiger partial charge in [0, 0.05) is 5.56 Å². The van der Waals surface area contributed by atoms with Gasteiger partial charge in [-0.1, -0.05) is 18.2 Å². The molecular weight excluding hydrogens is 152 g/mol. The highest BCUT2D eigenvalue weighted by molar-refractivity contribution is 5.52. The Morgan fingerprint density at radius 3 is 3.25 bits per heavy atom. The van der Waals surface area contributed by atoms with E-state index >= 15 is 0 Å². The maximum atomic E-state index is 11.3. The molecule has 0 aromatic carbocycles. The molecule has 0 saturated carbocycles. The Morgan fingerprint density at radius 1 is 1.42 bits per heavy atom. The predicted octanol–water partition coefficient (Wildman–Crippen LogP) is 0.895. The monoisotopic (exact) mass is 160 g/mol. The summed E-state index contributed by atoms with van der Waals surface area (Å²) in [5, 5.41) is 0. The van der Waals surface area contributed by atoms with Crippen LogP contribution in [0.5, 0.6) is 0 Å². The molecule has 3 heteroatoms. The number of rotatable bonds is 0. The van der Waals surface area contributed by atoms with Gasteiger partial charge in [0.15, 0.2) is 0 Å². The van der Waals surface area contributed by atoms with E-state index in [4.69, 9.17) is 0 Å². The van der Waals surface area contributed by atoms with Crippen molar-refractivity contribution < 1.29 is 0 Å². The summed E-state index contributed by atoms with van der Waals surface area (Å²) in [5.74, 6) is 0. The van der Waals surface area contributed by atoms with Crippen molar-refractivity contribution in [2.75, 3.05) is 0 Å². The van der Waals surface area contributed by atoms with Crippen LogP contribution in [0.4, 0.5) is 0 Å². The highest BCUT2D eigenvalue weighted by atomic mass is 16.1. The molecule has 1 aliphatic carbocycles. The third-order valence-corrected chi connectivity index (χ3v) is 1.81. The van der Waals surface area contributed by atoms with Gasteiger partial charge in [-0.25, -0.2) is 4.98 Å². The van der Waals surface area contributed by atoms with E-state index in [1.54, 1.807) is 0 Å². The fourth-order valence-corrected chi connectivity index (χ4v) is 1.19. The third-order valence-electron chi connectivity index (χ3n) is 1.81. The molecule has 0 saturated heterocycles. The lowest BCUT2D eigenvalue weighted by Gasteiger charge is -1.97. The van der Waals surface area contributed by atoms with E-state index in [2.05, 4.69) is 9.97 Å². The molecule has 60 valence electrons. The maximum Gasteiger partial charge on any atom is 0.254 e. The minimum absolute atomic E-state index is 0.0452. The number of nitrogens with zero attached hydrogens (tertiary/aromatic N) is 1. The molecule has 1 N–H and O–H groups in total. The Labute approximate surface area is 69.5 Å². The average molecular weight is 160 g/mol. The number of allylic oxidation sites excluding steroid dienone is 3. The number of fused-ring (bicyclic) bond motifs is 1. The summed E-state index contributed by atoms with van der Waals surface area (Å²) in [6, 6.07) is 0. The second kappa shape index (κ2) is 2.77. The molecule has 0 spiro atoms. The van der Waals surface area contributed by atoms with Crippen LogP contribution in [0.25, 0.3) is 6.08 Å². The van der Waals surface area contributed by atoms with Gasteiger partial charge in [-0.05, 0) is 12.5 Å². The first-order valence-corrected chi connectivity index (χ1v) is 3.78. The van der Waals surface area contributed by atoms with Gasteiger partial charge in [-0.15, -0.1) is 0 Å². The van der Waals surface area contributed by atoms with E-state index in [1.165, 1.54) is 6.33 Å². The molecule has 0 amide bonds. The van der Waals surface area contributed by atoms with Crippen molar-refractivity contribution in [3.8, 4) is 0 Å². The predicted molar refractivity (Wildman–Crippen MR) is 46.7 cm³/mol. The molecule has 0 atom stereocenters. The van der Waals surface area contributed by atoms with Crippen LogP contribution < -0.4 is 5.56 Å². The first-order valence-electron chi connectivity index (χ1n) is 3.78. The normalized spacial score (nSPS) is 14.0. The number of aromatic nitrogens is 2. The molecule has 2 rings (SSSR count). The van der Waals surface area contributed by atoms with Gasteiger partial charge in [0.05, 0.1) is 12.0 Å². The molecule has 0 aliphatic heterocycles. The summed E-state index contributed by atoms with van der Waals surface area (Å²) in [4.78, 5) is 17.9. The van der Waals surface area contributed by atoms with Crippen LogP contribution in [-0.2, 0) is 6.42 Å². The van der Waals surface area contributed by atoms with Gasteiger partial charge in [0.2, 0.25) is 0 Å². The van der Waals surface area contributed by atoms with Crippen LogP contribution in [0.1, 0.15) is 11.3 Å². The van der Waals surface area contributed by atoms with Gasteiger partial charge >= 0.3 is 0 Å². The van der Waals surface area contributed by atoms with E-state index in [1.807, 2.05) is 24.3 Å². The first-order chi connectivity index (χ1) is 5.88. The molecule has 1 aromatic rings. The van der Waals surface area contributed by atoms with Crippen LogP contribution in [0.15, 0.2) is 29.3 Å². The summed E-state index contributed by atoms with van der Waals surface area (Å²) >= 11 is 0. The summed E-state index contributed by atoms with van der Waals surface area (Å²) in [7, 11) is 0. The van der Waals surface area contributed by atoms with Crippen molar-refractivity contribution in [3.63, 3.8) is 0 Å². The summed E-state index contributed by atoms with van der Waals surface area (Å²) < 4.78 is 0. The Morgan fingerprint density at radius 2 is 2.33 bits per heavy atom.